The van der Waals surface area contributed by atoms with E-state index in [0.717, 1.165) is 32.1 Å². The molecule has 5 heteroatoms. The topological polar surface area (TPSA) is 86.6 Å². The predicted octanol–water partition coefficient (Wildman–Crippen LogP) is 8.20. The molecule has 0 aliphatic heterocycles. The van der Waals surface area contributed by atoms with Gasteiger partial charge >= 0.3 is 5.97 Å². The number of nitrogens with one attached hydrogen (secondary N) is 1. The molecule has 0 spiro atoms. The molecule has 0 unspecified atom stereocenters. The Labute approximate surface area is 258 Å². The molecule has 8 atom stereocenters. The zero-order valence-electron chi connectivity index (χ0n) is 27.5. The molecule has 6 rings (SSSR count). The first-order valence-electron chi connectivity index (χ1n) is 16.7. The Morgan fingerprint density at radius 2 is 1.56 bits per heavy atom. The summed E-state index contributed by atoms with van der Waals surface area (Å²) < 4.78 is 0. The van der Waals surface area contributed by atoms with E-state index in [-0.39, 0.29) is 55.6 Å². The van der Waals surface area contributed by atoms with Gasteiger partial charge in [-0.3, -0.25) is 4.79 Å². The van der Waals surface area contributed by atoms with Crippen LogP contribution in [0.4, 0.5) is 0 Å². The number of carboxylic acid groups (broad SMARTS) is 1. The summed E-state index contributed by atoms with van der Waals surface area (Å²) in [6.45, 7) is 17.6. The Morgan fingerprint density at radius 3 is 2.26 bits per heavy atom. The van der Waals surface area contributed by atoms with Crippen molar-refractivity contribution in [2.24, 2.45) is 44.3 Å². The molecule has 1 aromatic carbocycles. The van der Waals surface area contributed by atoms with Crippen molar-refractivity contribution >= 4 is 11.9 Å². The number of carbonyl (C=O) groups excluding carboxylic acids is 1. The maximum atomic E-state index is 13.2. The molecule has 3 fully saturated rings. The molecule has 43 heavy (non-hydrogen) atoms. The van der Waals surface area contributed by atoms with Crippen molar-refractivity contribution in [3.8, 4) is 0 Å². The van der Waals surface area contributed by atoms with Crippen LogP contribution in [-0.2, 0) is 0 Å². The van der Waals surface area contributed by atoms with E-state index in [1.165, 1.54) is 31.7 Å². The van der Waals surface area contributed by atoms with Crippen LogP contribution in [0.25, 0.3) is 0 Å². The molecular formula is C38H53NO4. The lowest BCUT2D eigenvalue weighted by molar-refractivity contribution is -0.182. The molecule has 5 aliphatic rings. The number of allylic oxidation sites excluding steroid dienone is 4. The third-order valence-electron chi connectivity index (χ3n) is 14.4. The van der Waals surface area contributed by atoms with Crippen LogP contribution in [0.15, 0.2) is 47.6 Å². The van der Waals surface area contributed by atoms with Gasteiger partial charge in [-0.25, -0.2) is 4.79 Å². The van der Waals surface area contributed by atoms with Gasteiger partial charge in [0, 0.05) is 6.54 Å². The second-order valence-electron chi connectivity index (χ2n) is 17.0. The number of aliphatic hydroxyl groups excluding tert-OH is 1. The molecule has 0 radical (unpaired) electrons. The number of hydrogen-bond acceptors (Lipinski definition) is 3. The molecule has 3 saturated carbocycles. The summed E-state index contributed by atoms with van der Waals surface area (Å²) in [6, 6.07) is 6.47. The molecule has 0 aromatic heterocycles. The quantitative estimate of drug-likeness (QED) is 0.331. The summed E-state index contributed by atoms with van der Waals surface area (Å²) in [6.07, 6.45) is 14.8. The fourth-order valence-electron chi connectivity index (χ4n) is 11.2. The normalized spacial score (nSPS) is 43.1. The maximum absolute atomic E-state index is 13.2. The van der Waals surface area contributed by atoms with Crippen LogP contribution in [0.2, 0.25) is 0 Å². The Morgan fingerprint density at radius 1 is 0.884 bits per heavy atom. The summed E-state index contributed by atoms with van der Waals surface area (Å²) in [5.41, 5.74) is 3.90. The molecule has 234 valence electrons. The first-order valence-corrected chi connectivity index (χ1v) is 16.7. The van der Waals surface area contributed by atoms with Crippen molar-refractivity contribution in [3.05, 3.63) is 58.7 Å². The van der Waals surface area contributed by atoms with Gasteiger partial charge in [-0.15, -0.1) is 0 Å². The Balaban J connectivity index is 1.32. The zero-order valence-corrected chi connectivity index (χ0v) is 27.5. The molecule has 1 aromatic rings. The highest BCUT2D eigenvalue weighted by molar-refractivity contribution is 6.04. The molecule has 5 nitrogen and oxygen atoms in total. The zero-order chi connectivity index (χ0) is 31.2. The van der Waals surface area contributed by atoms with E-state index in [9.17, 15) is 19.8 Å². The van der Waals surface area contributed by atoms with E-state index >= 15 is 0 Å². The van der Waals surface area contributed by atoms with Crippen LogP contribution in [-0.4, -0.2) is 34.7 Å². The lowest BCUT2D eigenvalue weighted by atomic mass is 9.35. The summed E-state index contributed by atoms with van der Waals surface area (Å²) in [5.74, 6) is -0.374. The number of benzene rings is 1. The van der Waals surface area contributed by atoms with E-state index in [1.807, 2.05) is 0 Å². The molecule has 5 aliphatic carbocycles. The number of aromatic carboxylic acids is 1. The first-order chi connectivity index (χ1) is 20.0. The van der Waals surface area contributed by atoms with Gasteiger partial charge in [-0.2, -0.15) is 0 Å². The molecule has 1 amide bonds. The van der Waals surface area contributed by atoms with Crippen LogP contribution < -0.4 is 5.32 Å². The van der Waals surface area contributed by atoms with Crippen LogP contribution in [0.1, 0.15) is 127 Å². The average Bonchev–Trinajstić information content (AvgIpc) is 2.95. The highest BCUT2D eigenvalue weighted by atomic mass is 16.4. The molecule has 3 N–H and O–H groups in total. The largest absolute Gasteiger partial charge is 0.478 e. The highest BCUT2D eigenvalue weighted by Crippen LogP contribution is 2.74. The SMILES string of the molecule is CC1(C)[C@@H](O)CC[C@]2(C)[C@H]3C=CC4=C5C[C@@](C)(CNC(=O)c6ccccc6C(=O)O)CC[C@]5(C)CC[C@@]4(C)[C@]3(C)CC[C@@H]12. The van der Waals surface area contributed by atoms with Gasteiger partial charge in [0.15, 0.2) is 0 Å². The van der Waals surface area contributed by atoms with Crippen LogP contribution >= 0.6 is 0 Å². The maximum Gasteiger partial charge on any atom is 0.336 e. The van der Waals surface area contributed by atoms with Crippen molar-refractivity contribution < 1.29 is 19.8 Å². The smallest absolute Gasteiger partial charge is 0.336 e. The van der Waals surface area contributed by atoms with Gasteiger partial charge in [0.25, 0.3) is 5.91 Å². The number of carboxylic acids is 1. The minimum absolute atomic E-state index is 0.0452. The summed E-state index contributed by atoms with van der Waals surface area (Å²) in [4.78, 5) is 24.9. The number of fused-ring (bicyclic) bond motifs is 6. The lowest BCUT2D eigenvalue weighted by Crippen LogP contribution is -2.63. The second-order valence-corrected chi connectivity index (χ2v) is 17.0. The minimum atomic E-state index is -1.08. The minimum Gasteiger partial charge on any atom is -0.478 e. The summed E-state index contributed by atoms with van der Waals surface area (Å²) in [7, 11) is 0. The highest BCUT2D eigenvalue weighted by Gasteiger charge is 2.66. The Hall–Kier alpha value is -2.40. The van der Waals surface area contributed by atoms with E-state index in [1.54, 1.807) is 29.3 Å². The van der Waals surface area contributed by atoms with Crippen LogP contribution in [0.5, 0.6) is 0 Å². The third kappa shape index (κ3) is 4.34. The standard InChI is InChI=1S/C38H53NO4/c1-33(2)28-14-17-38(7)29(36(28,5)16-15-30(33)40)13-12-26-27-22-34(3,18-19-35(27,4)20-21-37(26,38)6)23-39-31(41)24-10-8-9-11-25(24)32(42)43/h8-13,28-30,40H,14-23H2,1-7H3,(H,39,41)(H,42,43)/t28-,29+,30-,34-,35+,36-,37+,38+/m0/s1. The van der Waals surface area contributed by atoms with Crippen molar-refractivity contribution in [2.45, 2.75) is 112 Å². The van der Waals surface area contributed by atoms with Gasteiger partial charge in [0.1, 0.15) is 0 Å². The molecular weight excluding hydrogens is 534 g/mol. The monoisotopic (exact) mass is 587 g/mol. The number of hydrogen-bond donors (Lipinski definition) is 3. The average molecular weight is 588 g/mol. The van der Waals surface area contributed by atoms with E-state index in [2.05, 4.69) is 65.9 Å². The fraction of sp³-hybridized carbons (Fsp3) is 0.684. The molecule has 0 bridgehead atoms. The Kier molecular flexibility index (Phi) is 6.98. The first kappa shape index (κ1) is 30.6. The van der Waals surface area contributed by atoms with Gasteiger partial charge < -0.3 is 15.5 Å². The van der Waals surface area contributed by atoms with Gasteiger partial charge in [0.05, 0.1) is 17.2 Å². The van der Waals surface area contributed by atoms with E-state index < -0.39 is 5.97 Å². The van der Waals surface area contributed by atoms with Gasteiger partial charge in [-0.1, -0.05) is 78.3 Å². The lowest BCUT2D eigenvalue weighted by Gasteiger charge is -2.69. The van der Waals surface area contributed by atoms with Crippen molar-refractivity contribution in [2.75, 3.05) is 6.54 Å². The van der Waals surface area contributed by atoms with E-state index in [0.29, 0.717) is 18.4 Å². The number of aliphatic hydroxyl groups is 1. The van der Waals surface area contributed by atoms with Crippen LogP contribution in [0, 0.1) is 44.3 Å². The van der Waals surface area contributed by atoms with Crippen molar-refractivity contribution in [1.82, 2.24) is 5.32 Å². The van der Waals surface area contributed by atoms with Crippen molar-refractivity contribution in [1.29, 1.82) is 0 Å². The van der Waals surface area contributed by atoms with Crippen LogP contribution in [0.3, 0.4) is 0 Å². The summed E-state index contributed by atoms with van der Waals surface area (Å²) in [5, 5.41) is 23.7. The van der Waals surface area contributed by atoms with Gasteiger partial charge in [0.2, 0.25) is 0 Å². The number of rotatable bonds is 4. The fourth-order valence-corrected chi connectivity index (χ4v) is 11.2. The molecule has 0 heterocycles. The van der Waals surface area contributed by atoms with Gasteiger partial charge in [-0.05, 0) is 120 Å². The predicted molar refractivity (Wildman–Crippen MR) is 171 cm³/mol. The Bertz CT molecular complexity index is 1410. The number of amides is 1. The third-order valence-corrected chi connectivity index (χ3v) is 14.4. The summed E-state index contributed by atoms with van der Waals surface area (Å²) >= 11 is 0. The second kappa shape index (κ2) is 9.80. The van der Waals surface area contributed by atoms with E-state index in [4.69, 9.17) is 0 Å². The molecule has 0 saturated heterocycles. The van der Waals surface area contributed by atoms with Crippen molar-refractivity contribution in [3.63, 3.8) is 0 Å². The number of carbonyl (C=O) groups is 2.